The molecule has 1 fully saturated rings. The number of anilines is 3. The first-order valence-electron chi connectivity index (χ1n) is 11.5. The Morgan fingerprint density at radius 2 is 1.50 bits per heavy atom. The fourth-order valence-electron chi connectivity index (χ4n) is 3.88. The molecule has 2 aromatic carbocycles. The van der Waals surface area contributed by atoms with E-state index in [2.05, 4.69) is 16.0 Å². The highest BCUT2D eigenvalue weighted by molar-refractivity contribution is 6.03. The zero-order valence-electron chi connectivity index (χ0n) is 18.9. The van der Waals surface area contributed by atoms with Crippen molar-refractivity contribution in [3.63, 3.8) is 0 Å². The Kier molecular flexibility index (Phi) is 7.60. The SMILES string of the molecule is O=C(CNc1cccc(C(=O)N2CCCCCC2)c1)Nc1cccc(NC(=O)c2ccco2)c1. The summed E-state index contributed by atoms with van der Waals surface area (Å²) in [6, 6.07) is 17.3. The van der Waals surface area contributed by atoms with E-state index < -0.39 is 0 Å². The molecular weight excluding hydrogens is 432 g/mol. The lowest BCUT2D eigenvalue weighted by molar-refractivity contribution is -0.114. The van der Waals surface area contributed by atoms with Gasteiger partial charge in [0.15, 0.2) is 5.76 Å². The molecule has 4 rings (SSSR count). The summed E-state index contributed by atoms with van der Waals surface area (Å²) in [6.07, 6.45) is 5.84. The molecule has 8 nitrogen and oxygen atoms in total. The van der Waals surface area contributed by atoms with Crippen LogP contribution in [-0.2, 0) is 4.79 Å². The van der Waals surface area contributed by atoms with E-state index in [-0.39, 0.29) is 30.0 Å². The third-order valence-electron chi connectivity index (χ3n) is 5.61. The molecule has 0 radical (unpaired) electrons. The molecule has 1 aliphatic heterocycles. The van der Waals surface area contributed by atoms with Gasteiger partial charge in [-0.2, -0.15) is 0 Å². The lowest BCUT2D eigenvalue weighted by Crippen LogP contribution is -2.31. The Morgan fingerprint density at radius 1 is 0.794 bits per heavy atom. The molecule has 8 heteroatoms. The molecule has 0 aliphatic carbocycles. The summed E-state index contributed by atoms with van der Waals surface area (Å²) in [5.41, 5.74) is 2.41. The molecule has 3 aromatic rings. The summed E-state index contributed by atoms with van der Waals surface area (Å²) in [6.45, 7) is 1.62. The third kappa shape index (κ3) is 6.25. The van der Waals surface area contributed by atoms with E-state index in [1.165, 1.54) is 19.1 Å². The minimum atomic E-state index is -0.371. The van der Waals surface area contributed by atoms with Gasteiger partial charge in [-0.3, -0.25) is 14.4 Å². The maximum Gasteiger partial charge on any atom is 0.291 e. The summed E-state index contributed by atoms with van der Waals surface area (Å²) in [4.78, 5) is 39.4. The van der Waals surface area contributed by atoms with Crippen LogP contribution in [0.5, 0.6) is 0 Å². The highest BCUT2D eigenvalue weighted by Gasteiger charge is 2.17. The summed E-state index contributed by atoms with van der Waals surface area (Å²) >= 11 is 0. The molecule has 3 amide bonds. The highest BCUT2D eigenvalue weighted by atomic mass is 16.3. The molecule has 0 bridgehead atoms. The molecule has 1 aromatic heterocycles. The first-order chi connectivity index (χ1) is 16.6. The number of likely N-dealkylation sites (tertiary alicyclic amines) is 1. The van der Waals surface area contributed by atoms with E-state index in [0.29, 0.717) is 22.6 Å². The van der Waals surface area contributed by atoms with E-state index in [0.717, 1.165) is 25.9 Å². The fourth-order valence-corrected chi connectivity index (χ4v) is 3.88. The number of hydrogen-bond donors (Lipinski definition) is 3. The minimum absolute atomic E-state index is 0.0309. The van der Waals surface area contributed by atoms with Gasteiger partial charge in [0.25, 0.3) is 11.8 Å². The number of benzene rings is 2. The van der Waals surface area contributed by atoms with Crippen LogP contribution in [-0.4, -0.2) is 42.3 Å². The van der Waals surface area contributed by atoms with Crippen LogP contribution in [0.15, 0.2) is 71.3 Å². The Hall–Kier alpha value is -4.07. The van der Waals surface area contributed by atoms with Crippen LogP contribution in [0, 0.1) is 0 Å². The van der Waals surface area contributed by atoms with E-state index in [1.54, 1.807) is 48.5 Å². The predicted octanol–water partition coefficient (Wildman–Crippen LogP) is 4.60. The molecule has 34 heavy (non-hydrogen) atoms. The molecule has 3 N–H and O–H groups in total. The van der Waals surface area contributed by atoms with Crippen LogP contribution < -0.4 is 16.0 Å². The number of hydrogen-bond acceptors (Lipinski definition) is 5. The van der Waals surface area contributed by atoms with Crippen molar-refractivity contribution in [2.75, 3.05) is 35.6 Å². The summed E-state index contributed by atoms with van der Waals surface area (Å²) < 4.78 is 5.09. The average Bonchev–Trinajstić information content (AvgIpc) is 3.26. The number of carbonyl (C=O) groups is 3. The first-order valence-corrected chi connectivity index (χ1v) is 11.5. The van der Waals surface area contributed by atoms with Gasteiger partial charge in [0, 0.05) is 35.7 Å². The zero-order valence-corrected chi connectivity index (χ0v) is 18.9. The number of nitrogens with zero attached hydrogens (tertiary/aromatic N) is 1. The van der Waals surface area contributed by atoms with Gasteiger partial charge in [0.1, 0.15) is 0 Å². The van der Waals surface area contributed by atoms with Crippen LogP contribution in [0.4, 0.5) is 17.1 Å². The standard InChI is InChI=1S/C26H28N4O4/c31-24(28-21-10-6-11-22(17-21)29-25(32)23-12-7-15-34-23)18-27-20-9-5-8-19(16-20)26(33)30-13-3-1-2-4-14-30/h5-12,15-17,27H,1-4,13-14,18H2,(H,28,31)(H,29,32). The molecule has 176 valence electrons. The molecule has 1 saturated heterocycles. The number of carbonyl (C=O) groups excluding carboxylic acids is 3. The van der Waals surface area contributed by atoms with Gasteiger partial charge in [-0.25, -0.2) is 0 Å². The van der Waals surface area contributed by atoms with Gasteiger partial charge in [-0.15, -0.1) is 0 Å². The Balaban J connectivity index is 1.30. The Bertz CT molecular complexity index is 1140. The van der Waals surface area contributed by atoms with Gasteiger partial charge in [-0.1, -0.05) is 25.0 Å². The second-order valence-corrected chi connectivity index (χ2v) is 8.20. The number of furan rings is 1. The van der Waals surface area contributed by atoms with Crippen molar-refractivity contribution in [1.82, 2.24) is 4.90 Å². The van der Waals surface area contributed by atoms with Gasteiger partial charge in [-0.05, 0) is 61.4 Å². The van der Waals surface area contributed by atoms with Gasteiger partial charge in [0.05, 0.1) is 12.8 Å². The number of amides is 3. The second-order valence-electron chi connectivity index (χ2n) is 8.20. The smallest absolute Gasteiger partial charge is 0.291 e. The van der Waals surface area contributed by atoms with Crippen LogP contribution in [0.25, 0.3) is 0 Å². The monoisotopic (exact) mass is 460 g/mol. The molecular formula is C26H28N4O4. The van der Waals surface area contributed by atoms with E-state index in [1.807, 2.05) is 17.0 Å². The van der Waals surface area contributed by atoms with Crippen molar-refractivity contribution in [1.29, 1.82) is 0 Å². The molecule has 0 saturated carbocycles. The summed E-state index contributed by atoms with van der Waals surface area (Å²) in [5, 5.41) is 8.61. The lowest BCUT2D eigenvalue weighted by atomic mass is 10.1. The van der Waals surface area contributed by atoms with Crippen molar-refractivity contribution < 1.29 is 18.8 Å². The molecule has 2 heterocycles. The number of rotatable bonds is 7. The minimum Gasteiger partial charge on any atom is -0.459 e. The largest absolute Gasteiger partial charge is 0.459 e. The Morgan fingerprint density at radius 3 is 2.24 bits per heavy atom. The lowest BCUT2D eigenvalue weighted by Gasteiger charge is -2.20. The van der Waals surface area contributed by atoms with Crippen molar-refractivity contribution in [2.45, 2.75) is 25.7 Å². The topological polar surface area (TPSA) is 104 Å². The number of nitrogens with one attached hydrogen (secondary N) is 3. The van der Waals surface area contributed by atoms with Gasteiger partial charge < -0.3 is 25.3 Å². The van der Waals surface area contributed by atoms with Crippen LogP contribution in [0.3, 0.4) is 0 Å². The highest BCUT2D eigenvalue weighted by Crippen LogP contribution is 2.18. The Labute approximate surface area is 198 Å². The predicted molar refractivity (Wildman–Crippen MR) is 131 cm³/mol. The summed E-state index contributed by atoms with van der Waals surface area (Å²) in [5.74, 6) is -0.387. The van der Waals surface area contributed by atoms with E-state index >= 15 is 0 Å². The quantitative estimate of drug-likeness (QED) is 0.478. The van der Waals surface area contributed by atoms with Gasteiger partial charge >= 0.3 is 0 Å². The van der Waals surface area contributed by atoms with Crippen LogP contribution >= 0.6 is 0 Å². The normalized spacial score (nSPS) is 13.6. The van der Waals surface area contributed by atoms with Gasteiger partial charge in [0.2, 0.25) is 5.91 Å². The summed E-state index contributed by atoms with van der Waals surface area (Å²) in [7, 11) is 0. The maximum atomic E-state index is 12.9. The van der Waals surface area contributed by atoms with Crippen LogP contribution in [0.2, 0.25) is 0 Å². The third-order valence-corrected chi connectivity index (χ3v) is 5.61. The zero-order chi connectivity index (χ0) is 23.8. The second kappa shape index (κ2) is 11.2. The molecule has 0 spiro atoms. The van der Waals surface area contributed by atoms with Crippen LogP contribution in [0.1, 0.15) is 46.6 Å². The van der Waals surface area contributed by atoms with Crippen molar-refractivity contribution in [3.05, 3.63) is 78.3 Å². The molecule has 0 unspecified atom stereocenters. The van der Waals surface area contributed by atoms with E-state index in [4.69, 9.17) is 4.42 Å². The van der Waals surface area contributed by atoms with Crippen molar-refractivity contribution in [2.24, 2.45) is 0 Å². The first kappa shape index (κ1) is 23.1. The fraction of sp³-hybridized carbons (Fsp3) is 0.269. The molecule has 1 aliphatic rings. The van der Waals surface area contributed by atoms with Crippen molar-refractivity contribution >= 4 is 34.8 Å². The molecule has 0 atom stereocenters. The average molecular weight is 461 g/mol. The van der Waals surface area contributed by atoms with Crippen molar-refractivity contribution in [3.8, 4) is 0 Å². The van der Waals surface area contributed by atoms with E-state index in [9.17, 15) is 14.4 Å². The maximum absolute atomic E-state index is 12.9.